The van der Waals surface area contributed by atoms with E-state index in [1.54, 1.807) is 27.8 Å². The van der Waals surface area contributed by atoms with Crippen LogP contribution in [0.3, 0.4) is 0 Å². The molecule has 0 spiro atoms. The van der Waals surface area contributed by atoms with Gasteiger partial charge in [-0.1, -0.05) is 51.1 Å². The number of benzene rings is 1. The summed E-state index contributed by atoms with van der Waals surface area (Å²) in [4.78, 5) is 50.6. The highest BCUT2D eigenvalue weighted by atomic mass is 16.2. The predicted octanol–water partition coefficient (Wildman–Crippen LogP) is 3.19. The fourth-order valence-electron chi connectivity index (χ4n) is 4.51. The average Bonchev–Trinajstić information content (AvgIpc) is 3.24. The zero-order valence-electron chi connectivity index (χ0n) is 19.8. The Morgan fingerprint density at radius 1 is 1.09 bits per heavy atom. The Balaban J connectivity index is 1.69. The molecule has 3 aliphatic heterocycles. The van der Waals surface area contributed by atoms with Crippen molar-refractivity contribution in [2.24, 2.45) is 10.4 Å². The van der Waals surface area contributed by atoms with Crippen LogP contribution in [0.25, 0.3) is 0 Å². The van der Waals surface area contributed by atoms with E-state index >= 15 is 0 Å². The lowest BCUT2D eigenvalue weighted by Crippen LogP contribution is -2.65. The van der Waals surface area contributed by atoms with Gasteiger partial charge in [-0.3, -0.25) is 19.4 Å². The molecule has 8 heteroatoms. The topological polar surface area (TPSA) is 76.5 Å². The Morgan fingerprint density at radius 3 is 2.31 bits per heavy atom. The Hall–Kier alpha value is -3.16. The molecule has 0 radical (unpaired) electrons. The maximum Gasteiger partial charge on any atom is 0.328 e. The van der Waals surface area contributed by atoms with E-state index in [-0.39, 0.29) is 24.3 Å². The van der Waals surface area contributed by atoms with Crippen molar-refractivity contribution < 1.29 is 14.4 Å². The average molecular weight is 438 g/mol. The number of carbonyl (C=O) groups excluding carboxylic acids is 3. The van der Waals surface area contributed by atoms with Crippen LogP contribution in [-0.4, -0.2) is 69.1 Å². The molecule has 8 nitrogen and oxygen atoms in total. The van der Waals surface area contributed by atoms with Crippen LogP contribution in [-0.2, 0) is 9.59 Å². The van der Waals surface area contributed by atoms with E-state index in [1.165, 1.54) is 4.90 Å². The number of nitrogens with zero attached hydrogens (tertiary/aromatic N) is 5. The molecule has 3 amide bonds. The van der Waals surface area contributed by atoms with Gasteiger partial charge < -0.3 is 9.80 Å². The number of amides is 3. The monoisotopic (exact) mass is 437 g/mol. The maximum absolute atomic E-state index is 13.5. The molecule has 3 unspecified atom stereocenters. The Labute approximate surface area is 189 Å². The third-order valence-corrected chi connectivity index (χ3v) is 6.74. The standard InChI is InChI=1S/C24H31N5O3/c1-14-15(2)29-19-20(25-22(29)28(14)16(3)17-11-9-8-10-12-17)26(7)23(32)27(21(19)31)13-18(30)24(4,5)6/h8-12,16,19-20H,13H2,1-7H3. The zero-order valence-corrected chi connectivity index (χ0v) is 19.8. The quantitative estimate of drug-likeness (QED) is 0.723. The Morgan fingerprint density at radius 2 is 1.72 bits per heavy atom. The molecule has 1 saturated heterocycles. The number of guanidine groups is 1. The number of hydrogen-bond acceptors (Lipinski definition) is 6. The third-order valence-electron chi connectivity index (χ3n) is 6.74. The number of hydrogen-bond donors (Lipinski definition) is 0. The highest BCUT2D eigenvalue weighted by molar-refractivity contribution is 6.07. The van der Waals surface area contributed by atoms with Crippen LogP contribution in [0.15, 0.2) is 46.7 Å². The van der Waals surface area contributed by atoms with Crippen molar-refractivity contribution in [3.63, 3.8) is 0 Å². The number of ketones is 1. The second-order valence-corrected chi connectivity index (χ2v) is 9.78. The van der Waals surface area contributed by atoms with Gasteiger partial charge in [0.2, 0.25) is 5.96 Å². The molecule has 1 fully saturated rings. The third kappa shape index (κ3) is 3.20. The van der Waals surface area contributed by atoms with Crippen molar-refractivity contribution in [1.82, 2.24) is 19.6 Å². The van der Waals surface area contributed by atoms with Gasteiger partial charge in [-0.05, 0) is 26.3 Å². The number of imide groups is 1. The fourth-order valence-corrected chi connectivity index (χ4v) is 4.51. The van der Waals surface area contributed by atoms with Gasteiger partial charge >= 0.3 is 6.03 Å². The van der Waals surface area contributed by atoms with Crippen LogP contribution in [0.1, 0.15) is 53.1 Å². The van der Waals surface area contributed by atoms with Crippen molar-refractivity contribution in [3.05, 3.63) is 47.3 Å². The highest BCUT2D eigenvalue weighted by Gasteiger charge is 2.56. The molecule has 32 heavy (non-hydrogen) atoms. The second-order valence-electron chi connectivity index (χ2n) is 9.78. The van der Waals surface area contributed by atoms with E-state index in [0.29, 0.717) is 5.96 Å². The van der Waals surface area contributed by atoms with Gasteiger partial charge in [0, 0.05) is 23.9 Å². The lowest BCUT2D eigenvalue weighted by Gasteiger charge is -2.41. The van der Waals surface area contributed by atoms with Gasteiger partial charge in [0.15, 0.2) is 18.0 Å². The molecule has 0 saturated carbocycles. The first-order valence-electron chi connectivity index (χ1n) is 10.9. The summed E-state index contributed by atoms with van der Waals surface area (Å²) in [6.07, 6.45) is -0.625. The summed E-state index contributed by atoms with van der Waals surface area (Å²) < 4.78 is 0. The minimum absolute atomic E-state index is 0.00438. The number of urea groups is 1. The number of aliphatic imine (C=N–C) groups is 1. The van der Waals surface area contributed by atoms with Crippen molar-refractivity contribution in [2.75, 3.05) is 13.6 Å². The van der Waals surface area contributed by atoms with E-state index in [9.17, 15) is 14.4 Å². The summed E-state index contributed by atoms with van der Waals surface area (Å²) in [7, 11) is 1.64. The second kappa shape index (κ2) is 7.46. The molecular formula is C24H31N5O3. The number of fused-ring (bicyclic) bond motifs is 3. The van der Waals surface area contributed by atoms with Gasteiger partial charge in [0.05, 0.1) is 12.6 Å². The first kappa shape index (κ1) is 22.0. The molecule has 0 aliphatic carbocycles. The molecule has 1 aromatic carbocycles. The summed E-state index contributed by atoms with van der Waals surface area (Å²) in [6, 6.07) is 8.96. The SMILES string of the molecule is CC1=C(C)N2C(=NC3C2C(=O)N(CC(=O)C(C)(C)C)C(=O)N3C)N1C(C)c1ccccc1. The summed E-state index contributed by atoms with van der Waals surface area (Å²) in [5.74, 6) is 0.133. The summed E-state index contributed by atoms with van der Waals surface area (Å²) in [5, 5.41) is 0. The largest absolute Gasteiger partial charge is 0.328 e. The van der Waals surface area contributed by atoms with Gasteiger partial charge in [0.1, 0.15) is 0 Å². The molecule has 1 aromatic rings. The number of likely N-dealkylation sites (N-methyl/N-ethyl adjacent to an activating group) is 1. The molecule has 170 valence electrons. The number of carbonyl (C=O) groups is 3. The van der Waals surface area contributed by atoms with Crippen molar-refractivity contribution in [2.45, 2.75) is 59.8 Å². The van der Waals surface area contributed by atoms with E-state index in [2.05, 4.69) is 24.0 Å². The van der Waals surface area contributed by atoms with E-state index < -0.39 is 23.7 Å². The lowest BCUT2D eigenvalue weighted by atomic mass is 9.90. The van der Waals surface area contributed by atoms with Crippen molar-refractivity contribution >= 4 is 23.7 Å². The summed E-state index contributed by atoms with van der Waals surface area (Å²) in [5.41, 5.74) is 2.43. The highest BCUT2D eigenvalue weighted by Crippen LogP contribution is 2.41. The van der Waals surface area contributed by atoms with E-state index in [0.717, 1.165) is 21.9 Å². The zero-order chi connectivity index (χ0) is 23.5. The summed E-state index contributed by atoms with van der Waals surface area (Å²) >= 11 is 0. The molecular weight excluding hydrogens is 406 g/mol. The van der Waals surface area contributed by atoms with Crippen molar-refractivity contribution in [3.8, 4) is 0 Å². The van der Waals surface area contributed by atoms with Crippen LogP contribution >= 0.6 is 0 Å². The molecule has 0 aromatic heterocycles. The van der Waals surface area contributed by atoms with E-state index in [1.807, 2.05) is 36.9 Å². The van der Waals surface area contributed by atoms with Crippen molar-refractivity contribution in [1.29, 1.82) is 0 Å². The minimum atomic E-state index is -0.677. The van der Waals surface area contributed by atoms with Gasteiger partial charge in [-0.15, -0.1) is 0 Å². The van der Waals surface area contributed by atoms with Crippen LogP contribution in [0.2, 0.25) is 0 Å². The van der Waals surface area contributed by atoms with Gasteiger partial charge in [-0.25, -0.2) is 9.79 Å². The van der Waals surface area contributed by atoms with Crippen LogP contribution in [0.4, 0.5) is 4.79 Å². The normalized spacial score (nSPS) is 24.2. The smallest absolute Gasteiger partial charge is 0.307 e. The van der Waals surface area contributed by atoms with Gasteiger partial charge in [0.25, 0.3) is 5.91 Å². The molecule has 3 atom stereocenters. The molecule has 0 bridgehead atoms. The first-order valence-corrected chi connectivity index (χ1v) is 10.9. The molecule has 0 N–H and O–H groups in total. The number of allylic oxidation sites excluding steroid dienone is 2. The minimum Gasteiger partial charge on any atom is -0.307 e. The molecule has 3 aliphatic rings. The summed E-state index contributed by atoms with van der Waals surface area (Å²) in [6.45, 7) is 11.2. The van der Waals surface area contributed by atoms with Gasteiger partial charge in [-0.2, -0.15) is 0 Å². The number of Topliss-reactive ketones (excluding diaryl/α,β-unsaturated/α-hetero) is 1. The van der Waals surface area contributed by atoms with Crippen LogP contribution in [0, 0.1) is 5.41 Å². The molecule has 4 rings (SSSR count). The predicted molar refractivity (Wildman–Crippen MR) is 121 cm³/mol. The van der Waals surface area contributed by atoms with Crippen LogP contribution < -0.4 is 0 Å². The number of rotatable bonds is 4. The Bertz CT molecular complexity index is 1040. The van der Waals surface area contributed by atoms with E-state index in [4.69, 9.17) is 4.99 Å². The Kier molecular flexibility index (Phi) is 5.14. The lowest BCUT2D eigenvalue weighted by molar-refractivity contribution is -0.141. The molecule has 3 heterocycles. The first-order chi connectivity index (χ1) is 14.9. The fraction of sp³-hybridized carbons (Fsp3) is 0.500. The maximum atomic E-state index is 13.5. The van der Waals surface area contributed by atoms with Crippen LogP contribution in [0.5, 0.6) is 0 Å².